The molecule has 0 saturated heterocycles. The van der Waals surface area contributed by atoms with Crippen LogP contribution in [-0.2, 0) is 0 Å². The topological polar surface area (TPSA) is 128 Å². The SMILES string of the molecule is O=C(O)c1cccc(C(=O)O)n1.OCCO. The molecule has 88 valence electrons. The zero-order chi connectivity index (χ0) is 12.6. The van der Waals surface area contributed by atoms with Crippen molar-refractivity contribution in [1.82, 2.24) is 4.98 Å². The van der Waals surface area contributed by atoms with Crippen LogP contribution in [0.1, 0.15) is 21.0 Å². The first-order chi connectivity index (χ1) is 7.52. The molecule has 0 atom stereocenters. The lowest BCUT2D eigenvalue weighted by atomic mass is 10.3. The zero-order valence-electron chi connectivity index (χ0n) is 8.20. The van der Waals surface area contributed by atoms with E-state index in [0.717, 1.165) is 0 Å². The molecule has 1 rings (SSSR count). The number of carboxylic acid groups (broad SMARTS) is 2. The number of carboxylic acids is 2. The molecule has 0 aliphatic rings. The van der Waals surface area contributed by atoms with Crippen LogP contribution in [0.3, 0.4) is 0 Å². The van der Waals surface area contributed by atoms with E-state index in [1.54, 1.807) is 0 Å². The summed E-state index contributed by atoms with van der Waals surface area (Å²) >= 11 is 0. The minimum absolute atomic E-state index is 0.125. The van der Waals surface area contributed by atoms with E-state index in [9.17, 15) is 9.59 Å². The van der Waals surface area contributed by atoms with Gasteiger partial charge in [0.1, 0.15) is 11.4 Å². The van der Waals surface area contributed by atoms with E-state index in [1.807, 2.05) is 0 Å². The van der Waals surface area contributed by atoms with Gasteiger partial charge in [-0.05, 0) is 12.1 Å². The van der Waals surface area contributed by atoms with Crippen LogP contribution in [0.2, 0.25) is 0 Å². The molecule has 0 aromatic carbocycles. The Hall–Kier alpha value is -1.99. The molecule has 7 nitrogen and oxygen atoms in total. The lowest BCUT2D eigenvalue weighted by Crippen LogP contribution is -2.06. The number of aromatic carboxylic acids is 2. The molecule has 0 amide bonds. The Balaban J connectivity index is 0.000000487. The summed E-state index contributed by atoms with van der Waals surface area (Å²) in [6.07, 6.45) is 0. The number of carbonyl (C=O) groups is 2. The van der Waals surface area contributed by atoms with Crippen LogP contribution >= 0.6 is 0 Å². The number of aliphatic hydroxyl groups excluding tert-OH is 2. The van der Waals surface area contributed by atoms with Crippen LogP contribution in [0.15, 0.2) is 18.2 Å². The van der Waals surface area contributed by atoms with Crippen molar-refractivity contribution in [2.24, 2.45) is 0 Å². The molecule has 0 saturated carbocycles. The predicted octanol–water partition coefficient (Wildman–Crippen LogP) is -0.551. The summed E-state index contributed by atoms with van der Waals surface area (Å²) in [7, 11) is 0. The highest BCUT2D eigenvalue weighted by molar-refractivity contribution is 5.89. The quantitative estimate of drug-likeness (QED) is 0.547. The standard InChI is InChI=1S/C7H5NO4.C2H6O2/c9-6(10)4-2-1-3-5(8-4)7(11)12;3-1-2-4/h1-3H,(H,9,10)(H,11,12);3-4H,1-2H2. The van der Waals surface area contributed by atoms with Crippen LogP contribution in [0.25, 0.3) is 0 Å². The molecule has 0 radical (unpaired) electrons. The Bertz CT molecular complexity index is 334. The Morgan fingerprint density at radius 1 is 1.00 bits per heavy atom. The van der Waals surface area contributed by atoms with Gasteiger partial charge in [0.25, 0.3) is 0 Å². The van der Waals surface area contributed by atoms with Crippen molar-refractivity contribution in [3.05, 3.63) is 29.6 Å². The van der Waals surface area contributed by atoms with E-state index < -0.39 is 11.9 Å². The van der Waals surface area contributed by atoms with Gasteiger partial charge in [-0.3, -0.25) is 0 Å². The summed E-state index contributed by atoms with van der Waals surface area (Å²) in [4.78, 5) is 24.0. The number of hydrogen-bond acceptors (Lipinski definition) is 5. The van der Waals surface area contributed by atoms with Crippen LogP contribution in [0, 0.1) is 0 Å². The van der Waals surface area contributed by atoms with Gasteiger partial charge >= 0.3 is 11.9 Å². The Kier molecular flexibility index (Phi) is 6.41. The van der Waals surface area contributed by atoms with E-state index >= 15 is 0 Å². The Labute approximate surface area is 90.6 Å². The van der Waals surface area contributed by atoms with Crippen molar-refractivity contribution in [1.29, 1.82) is 0 Å². The van der Waals surface area contributed by atoms with Gasteiger partial charge in [0.15, 0.2) is 0 Å². The summed E-state index contributed by atoms with van der Waals surface area (Å²) in [5, 5.41) is 32.1. The molecular formula is C9H11NO6. The van der Waals surface area contributed by atoms with Crippen LogP contribution in [0.5, 0.6) is 0 Å². The van der Waals surface area contributed by atoms with Gasteiger partial charge in [-0.25, -0.2) is 14.6 Å². The number of hydrogen-bond donors (Lipinski definition) is 4. The number of aliphatic hydroxyl groups is 2. The molecule has 1 heterocycles. The highest BCUT2D eigenvalue weighted by Gasteiger charge is 2.08. The smallest absolute Gasteiger partial charge is 0.354 e. The normalized spacial score (nSPS) is 8.88. The van der Waals surface area contributed by atoms with E-state index in [4.69, 9.17) is 20.4 Å². The predicted molar refractivity (Wildman–Crippen MR) is 52.3 cm³/mol. The summed E-state index contributed by atoms with van der Waals surface area (Å²) < 4.78 is 0. The number of aromatic nitrogens is 1. The molecule has 0 spiro atoms. The van der Waals surface area contributed by atoms with Gasteiger partial charge in [-0.2, -0.15) is 0 Å². The second-order valence-electron chi connectivity index (χ2n) is 2.47. The molecule has 0 aliphatic heterocycles. The van der Waals surface area contributed by atoms with E-state index in [2.05, 4.69) is 4.98 Å². The monoisotopic (exact) mass is 229 g/mol. The van der Waals surface area contributed by atoms with Crippen LogP contribution < -0.4 is 0 Å². The summed E-state index contributed by atoms with van der Waals surface area (Å²) in [5.41, 5.74) is -0.537. The third-order valence-electron chi connectivity index (χ3n) is 1.29. The Morgan fingerprint density at radius 2 is 1.38 bits per heavy atom. The number of rotatable bonds is 3. The molecule has 1 aromatic rings. The lowest BCUT2D eigenvalue weighted by Gasteiger charge is -1.94. The van der Waals surface area contributed by atoms with Crippen molar-refractivity contribution >= 4 is 11.9 Å². The highest BCUT2D eigenvalue weighted by Crippen LogP contribution is 1.98. The van der Waals surface area contributed by atoms with E-state index in [1.165, 1.54) is 18.2 Å². The van der Waals surface area contributed by atoms with Crippen molar-refractivity contribution in [3.63, 3.8) is 0 Å². The molecular weight excluding hydrogens is 218 g/mol. The second-order valence-corrected chi connectivity index (χ2v) is 2.47. The second kappa shape index (κ2) is 7.32. The summed E-state index contributed by atoms with van der Waals surface area (Å²) in [6, 6.07) is 3.80. The molecule has 4 N–H and O–H groups in total. The van der Waals surface area contributed by atoms with Crippen molar-refractivity contribution in [2.75, 3.05) is 13.2 Å². The average molecular weight is 229 g/mol. The van der Waals surface area contributed by atoms with Crippen LogP contribution in [0.4, 0.5) is 0 Å². The first-order valence-corrected chi connectivity index (χ1v) is 4.18. The average Bonchev–Trinajstić information content (AvgIpc) is 2.29. The molecule has 0 fully saturated rings. The van der Waals surface area contributed by atoms with Crippen molar-refractivity contribution < 1.29 is 30.0 Å². The highest BCUT2D eigenvalue weighted by atomic mass is 16.4. The van der Waals surface area contributed by atoms with Crippen molar-refractivity contribution in [3.8, 4) is 0 Å². The van der Waals surface area contributed by atoms with Gasteiger partial charge in [0, 0.05) is 0 Å². The van der Waals surface area contributed by atoms with Crippen molar-refractivity contribution in [2.45, 2.75) is 0 Å². The third-order valence-corrected chi connectivity index (χ3v) is 1.29. The minimum atomic E-state index is -1.24. The fourth-order valence-electron chi connectivity index (χ4n) is 0.673. The molecule has 1 aromatic heterocycles. The number of nitrogens with zero attached hydrogens (tertiary/aromatic N) is 1. The zero-order valence-corrected chi connectivity index (χ0v) is 8.20. The maximum atomic E-state index is 10.3. The Morgan fingerprint density at radius 3 is 1.62 bits per heavy atom. The summed E-state index contributed by atoms with van der Waals surface area (Å²) in [6.45, 7) is -0.250. The molecule has 7 heteroatoms. The lowest BCUT2D eigenvalue weighted by molar-refractivity contribution is 0.0685. The minimum Gasteiger partial charge on any atom is -0.477 e. The van der Waals surface area contributed by atoms with Gasteiger partial charge < -0.3 is 20.4 Å². The fraction of sp³-hybridized carbons (Fsp3) is 0.222. The fourth-order valence-corrected chi connectivity index (χ4v) is 0.673. The van der Waals surface area contributed by atoms with E-state index in [0.29, 0.717) is 0 Å². The number of pyridine rings is 1. The van der Waals surface area contributed by atoms with E-state index in [-0.39, 0.29) is 24.6 Å². The maximum Gasteiger partial charge on any atom is 0.354 e. The molecule has 0 aliphatic carbocycles. The summed E-state index contributed by atoms with van der Waals surface area (Å²) in [5.74, 6) is -2.48. The maximum absolute atomic E-state index is 10.3. The molecule has 0 bridgehead atoms. The van der Waals surface area contributed by atoms with Crippen LogP contribution in [-0.4, -0.2) is 50.6 Å². The largest absolute Gasteiger partial charge is 0.477 e. The first-order valence-electron chi connectivity index (χ1n) is 4.18. The van der Waals surface area contributed by atoms with Gasteiger partial charge in [-0.15, -0.1) is 0 Å². The van der Waals surface area contributed by atoms with Gasteiger partial charge in [0.05, 0.1) is 13.2 Å². The molecule has 0 unspecified atom stereocenters. The van der Waals surface area contributed by atoms with Gasteiger partial charge in [0.2, 0.25) is 0 Å². The molecule has 16 heavy (non-hydrogen) atoms. The van der Waals surface area contributed by atoms with Gasteiger partial charge in [-0.1, -0.05) is 6.07 Å². The third kappa shape index (κ3) is 5.03. The first kappa shape index (κ1) is 14.0.